The second-order valence-corrected chi connectivity index (χ2v) is 5.58. The number of hydrogen-bond donors (Lipinski definition) is 2. The van der Waals surface area contributed by atoms with Crippen LogP contribution in [-0.4, -0.2) is 16.8 Å². The number of halogens is 1. The molecular weight excluding hydrogens is 314 g/mol. The Morgan fingerprint density at radius 1 is 1.13 bits per heavy atom. The first kappa shape index (κ1) is 17.0. The van der Waals surface area contributed by atoms with Gasteiger partial charge in [0.15, 0.2) is 0 Å². The molecule has 0 aliphatic heterocycles. The minimum Gasteiger partial charge on any atom is -0.352 e. The largest absolute Gasteiger partial charge is 0.352 e. The van der Waals surface area contributed by atoms with Crippen molar-refractivity contribution in [3.63, 3.8) is 0 Å². The van der Waals surface area contributed by atoms with Crippen molar-refractivity contribution in [2.45, 2.75) is 25.9 Å². The quantitative estimate of drug-likeness (QED) is 0.854. The molecule has 0 saturated carbocycles. The molecule has 0 aliphatic rings. The molecule has 0 aliphatic carbocycles. The average Bonchev–Trinajstić information content (AvgIpc) is 2.53. The van der Waals surface area contributed by atoms with E-state index in [-0.39, 0.29) is 24.3 Å². The molecule has 0 radical (unpaired) electrons. The van der Waals surface area contributed by atoms with E-state index in [1.54, 1.807) is 36.7 Å². The SMILES string of the molecule is CC(=O)N[C@@H](CC(=O)NCc1ccncc1)c1ccc(Cl)cc1. The van der Waals surface area contributed by atoms with Crippen LogP contribution in [-0.2, 0) is 16.1 Å². The van der Waals surface area contributed by atoms with Crippen LogP contribution in [0.4, 0.5) is 0 Å². The summed E-state index contributed by atoms with van der Waals surface area (Å²) in [5.41, 5.74) is 1.81. The summed E-state index contributed by atoms with van der Waals surface area (Å²) >= 11 is 5.87. The highest BCUT2D eigenvalue weighted by Crippen LogP contribution is 2.19. The summed E-state index contributed by atoms with van der Waals surface area (Å²) in [6.07, 6.45) is 3.51. The molecule has 0 bridgehead atoms. The highest BCUT2D eigenvalue weighted by molar-refractivity contribution is 6.30. The van der Waals surface area contributed by atoms with E-state index in [2.05, 4.69) is 15.6 Å². The number of hydrogen-bond acceptors (Lipinski definition) is 3. The zero-order valence-electron chi connectivity index (χ0n) is 12.8. The Morgan fingerprint density at radius 3 is 2.39 bits per heavy atom. The van der Waals surface area contributed by atoms with E-state index in [1.165, 1.54) is 6.92 Å². The van der Waals surface area contributed by atoms with Gasteiger partial charge in [-0.05, 0) is 35.4 Å². The maximum absolute atomic E-state index is 12.1. The van der Waals surface area contributed by atoms with Crippen LogP contribution in [0.1, 0.15) is 30.5 Å². The second kappa shape index (κ2) is 8.29. The molecule has 0 fully saturated rings. The fourth-order valence-electron chi connectivity index (χ4n) is 2.15. The summed E-state index contributed by atoms with van der Waals surface area (Å²) in [5.74, 6) is -0.331. The summed E-state index contributed by atoms with van der Waals surface area (Å²) in [5, 5.41) is 6.24. The molecule has 0 unspecified atom stereocenters. The molecule has 0 spiro atoms. The molecule has 2 N–H and O–H groups in total. The second-order valence-electron chi connectivity index (χ2n) is 5.14. The topological polar surface area (TPSA) is 71.1 Å². The van der Waals surface area contributed by atoms with Gasteiger partial charge in [-0.15, -0.1) is 0 Å². The first-order valence-corrected chi connectivity index (χ1v) is 7.60. The summed E-state index contributed by atoms with van der Waals surface area (Å²) in [6.45, 7) is 1.85. The lowest BCUT2D eigenvalue weighted by Gasteiger charge is -2.18. The van der Waals surface area contributed by atoms with E-state index in [4.69, 9.17) is 11.6 Å². The third-order valence-electron chi connectivity index (χ3n) is 3.28. The van der Waals surface area contributed by atoms with Gasteiger partial charge in [0.1, 0.15) is 0 Å². The van der Waals surface area contributed by atoms with Crippen molar-refractivity contribution in [2.75, 3.05) is 0 Å². The minimum atomic E-state index is -0.387. The fourth-order valence-corrected chi connectivity index (χ4v) is 2.28. The van der Waals surface area contributed by atoms with Gasteiger partial charge in [-0.3, -0.25) is 14.6 Å². The van der Waals surface area contributed by atoms with Gasteiger partial charge in [0.05, 0.1) is 12.5 Å². The molecule has 2 aromatic rings. The smallest absolute Gasteiger partial charge is 0.222 e. The maximum atomic E-state index is 12.1. The predicted octanol–water partition coefficient (Wildman–Crippen LogP) is 2.62. The normalized spacial score (nSPS) is 11.6. The zero-order valence-corrected chi connectivity index (χ0v) is 13.5. The molecule has 2 amide bonds. The lowest BCUT2D eigenvalue weighted by Crippen LogP contribution is -2.32. The summed E-state index contributed by atoms with van der Waals surface area (Å²) < 4.78 is 0. The minimum absolute atomic E-state index is 0.143. The number of amides is 2. The van der Waals surface area contributed by atoms with E-state index in [0.29, 0.717) is 11.6 Å². The van der Waals surface area contributed by atoms with E-state index >= 15 is 0 Å². The third-order valence-corrected chi connectivity index (χ3v) is 3.53. The Balaban J connectivity index is 1.98. The lowest BCUT2D eigenvalue weighted by atomic mass is 10.0. The molecule has 6 heteroatoms. The van der Waals surface area contributed by atoms with Crippen molar-refractivity contribution in [2.24, 2.45) is 0 Å². The summed E-state index contributed by atoms with van der Waals surface area (Å²) in [4.78, 5) is 27.5. The molecule has 1 heterocycles. The van der Waals surface area contributed by atoms with Gasteiger partial charge in [-0.25, -0.2) is 0 Å². The van der Waals surface area contributed by atoms with E-state index in [1.807, 2.05) is 12.1 Å². The molecule has 5 nitrogen and oxygen atoms in total. The molecule has 0 saturated heterocycles. The summed E-state index contributed by atoms with van der Waals surface area (Å²) in [7, 11) is 0. The number of nitrogens with zero attached hydrogens (tertiary/aromatic N) is 1. The van der Waals surface area contributed by atoms with Crippen molar-refractivity contribution >= 4 is 23.4 Å². The maximum Gasteiger partial charge on any atom is 0.222 e. The monoisotopic (exact) mass is 331 g/mol. The van der Waals surface area contributed by atoms with Crippen LogP contribution in [0.3, 0.4) is 0 Å². The van der Waals surface area contributed by atoms with Gasteiger partial charge >= 0.3 is 0 Å². The number of carbonyl (C=O) groups is 2. The number of rotatable bonds is 6. The number of benzene rings is 1. The van der Waals surface area contributed by atoms with Gasteiger partial charge in [0.25, 0.3) is 0 Å². The van der Waals surface area contributed by atoms with Gasteiger partial charge in [-0.2, -0.15) is 0 Å². The van der Waals surface area contributed by atoms with Gasteiger partial charge in [0, 0.05) is 30.9 Å². The fraction of sp³-hybridized carbons (Fsp3) is 0.235. The van der Waals surface area contributed by atoms with Crippen LogP contribution in [0.2, 0.25) is 5.02 Å². The first-order valence-electron chi connectivity index (χ1n) is 7.23. The molecular formula is C17H18ClN3O2. The Kier molecular flexibility index (Phi) is 6.11. The summed E-state index contributed by atoms with van der Waals surface area (Å²) in [6, 6.07) is 10.4. The molecule has 1 aromatic heterocycles. The Bertz CT molecular complexity index is 659. The van der Waals surface area contributed by atoms with Gasteiger partial charge in [-0.1, -0.05) is 23.7 Å². The third kappa shape index (κ3) is 5.71. The Hall–Kier alpha value is -2.40. The van der Waals surface area contributed by atoms with Crippen LogP contribution in [0.25, 0.3) is 0 Å². The Labute approximate surface area is 140 Å². The number of pyridine rings is 1. The number of carbonyl (C=O) groups excluding carboxylic acids is 2. The van der Waals surface area contributed by atoms with Crippen LogP contribution in [0.15, 0.2) is 48.8 Å². The average molecular weight is 332 g/mol. The first-order chi connectivity index (χ1) is 11.0. The van der Waals surface area contributed by atoms with Crippen molar-refractivity contribution in [1.82, 2.24) is 15.6 Å². The molecule has 120 valence electrons. The molecule has 1 atom stereocenters. The predicted molar refractivity (Wildman–Crippen MR) is 88.7 cm³/mol. The van der Waals surface area contributed by atoms with Gasteiger partial charge < -0.3 is 10.6 Å². The van der Waals surface area contributed by atoms with Gasteiger partial charge in [0.2, 0.25) is 11.8 Å². The van der Waals surface area contributed by atoms with Crippen LogP contribution >= 0.6 is 11.6 Å². The van der Waals surface area contributed by atoms with Crippen LogP contribution in [0, 0.1) is 0 Å². The van der Waals surface area contributed by atoms with Crippen molar-refractivity contribution in [1.29, 1.82) is 0 Å². The van der Waals surface area contributed by atoms with Crippen LogP contribution in [0.5, 0.6) is 0 Å². The van der Waals surface area contributed by atoms with E-state index in [9.17, 15) is 9.59 Å². The molecule has 1 aromatic carbocycles. The standard InChI is InChI=1S/C17H18ClN3O2/c1-12(22)21-16(14-2-4-15(18)5-3-14)10-17(23)20-11-13-6-8-19-9-7-13/h2-9,16H,10-11H2,1H3,(H,20,23)(H,21,22)/t16-/m0/s1. The lowest BCUT2D eigenvalue weighted by molar-refractivity contribution is -0.122. The highest BCUT2D eigenvalue weighted by atomic mass is 35.5. The molecule has 2 rings (SSSR count). The molecule has 23 heavy (non-hydrogen) atoms. The number of nitrogens with one attached hydrogen (secondary N) is 2. The van der Waals surface area contributed by atoms with E-state index < -0.39 is 0 Å². The van der Waals surface area contributed by atoms with Crippen molar-refractivity contribution in [3.8, 4) is 0 Å². The zero-order chi connectivity index (χ0) is 16.7. The van der Waals surface area contributed by atoms with Crippen LogP contribution < -0.4 is 10.6 Å². The van der Waals surface area contributed by atoms with Crippen molar-refractivity contribution in [3.05, 3.63) is 64.9 Å². The van der Waals surface area contributed by atoms with Crippen molar-refractivity contribution < 1.29 is 9.59 Å². The highest BCUT2D eigenvalue weighted by Gasteiger charge is 2.17. The number of aromatic nitrogens is 1. The Morgan fingerprint density at radius 2 is 1.78 bits per heavy atom. The van der Waals surface area contributed by atoms with E-state index in [0.717, 1.165) is 11.1 Å².